The topological polar surface area (TPSA) is 9.23 Å². The lowest BCUT2D eigenvalue weighted by molar-refractivity contribution is 0.323. The van der Waals surface area contributed by atoms with E-state index in [2.05, 4.69) is 104 Å². The second-order valence-corrected chi connectivity index (χ2v) is 10.1. The smallest absolute Gasteiger partial charge is 0.281 e. The van der Waals surface area contributed by atoms with Gasteiger partial charge < -0.3 is 4.43 Å². The molecule has 0 aliphatic rings. The minimum absolute atomic E-state index is 0.727. The zero-order chi connectivity index (χ0) is 18.7. The first-order valence-corrected chi connectivity index (χ1v) is 11.5. The van der Waals surface area contributed by atoms with E-state index in [4.69, 9.17) is 4.43 Å². The highest BCUT2D eigenvalue weighted by atomic mass is 28.4. The number of benzene rings is 4. The van der Waals surface area contributed by atoms with Crippen LogP contribution in [-0.4, -0.2) is 14.9 Å². The third-order valence-electron chi connectivity index (χ3n) is 5.20. The van der Waals surface area contributed by atoms with Crippen molar-refractivity contribution in [3.63, 3.8) is 0 Å². The van der Waals surface area contributed by atoms with Crippen molar-refractivity contribution in [1.82, 2.24) is 0 Å². The normalized spacial score (nSPS) is 11.7. The van der Waals surface area contributed by atoms with Crippen LogP contribution in [0.3, 0.4) is 0 Å². The van der Waals surface area contributed by atoms with Gasteiger partial charge in [0.05, 0.1) is 0 Å². The van der Waals surface area contributed by atoms with Crippen LogP contribution >= 0.6 is 0 Å². The van der Waals surface area contributed by atoms with Crippen LogP contribution in [0.5, 0.6) is 0 Å². The largest absolute Gasteiger partial charge is 0.405 e. The van der Waals surface area contributed by atoms with E-state index < -0.39 is 8.32 Å². The van der Waals surface area contributed by atoms with Crippen LogP contribution < -0.4 is 10.4 Å². The summed E-state index contributed by atoms with van der Waals surface area (Å²) in [7, 11) is -2.61. The third-order valence-corrected chi connectivity index (χ3v) is 8.91. The Labute approximate surface area is 162 Å². The molecule has 0 fully saturated rings. The molecule has 0 aromatic heterocycles. The molecule has 2 heteroatoms. The van der Waals surface area contributed by atoms with Gasteiger partial charge in [0.15, 0.2) is 0 Å². The van der Waals surface area contributed by atoms with Gasteiger partial charge in [-0.3, -0.25) is 0 Å². The molecule has 0 spiro atoms. The second-order valence-electron chi connectivity index (χ2n) is 6.84. The van der Waals surface area contributed by atoms with Gasteiger partial charge in [0.25, 0.3) is 8.32 Å². The first-order valence-electron chi connectivity index (χ1n) is 9.54. The van der Waals surface area contributed by atoms with E-state index in [0.29, 0.717) is 0 Å². The Kier molecular flexibility index (Phi) is 4.93. The van der Waals surface area contributed by atoms with Gasteiger partial charge in [-0.25, -0.2) is 0 Å². The lowest BCUT2D eigenvalue weighted by atomic mass is 10.1. The fraction of sp³-hybridized carbons (Fsp3) is 0.120. The molecule has 0 heterocycles. The zero-order valence-corrected chi connectivity index (χ0v) is 16.7. The molecule has 0 N–H and O–H groups in total. The van der Waals surface area contributed by atoms with Gasteiger partial charge in [-0.1, -0.05) is 97.6 Å². The second kappa shape index (κ2) is 7.51. The van der Waals surface area contributed by atoms with Crippen molar-refractivity contribution >= 4 is 40.2 Å². The first kappa shape index (κ1) is 17.7. The molecular weight excluding hydrogens is 344 g/mol. The molecule has 1 nitrogen and oxygen atoms in total. The molecule has 0 aliphatic carbocycles. The van der Waals surface area contributed by atoms with Crippen molar-refractivity contribution in [1.29, 1.82) is 0 Å². The Morgan fingerprint density at radius 2 is 1.22 bits per heavy atom. The Morgan fingerprint density at radius 3 is 1.70 bits per heavy atom. The van der Waals surface area contributed by atoms with Gasteiger partial charge in [0, 0.05) is 6.61 Å². The summed E-state index contributed by atoms with van der Waals surface area (Å²) in [6.07, 6.45) is 0.984. The van der Waals surface area contributed by atoms with Crippen LogP contribution in [0.25, 0.3) is 21.5 Å². The van der Waals surface area contributed by atoms with Crippen LogP contribution in [0.15, 0.2) is 97.2 Å². The Balaban J connectivity index is 2.07. The van der Waals surface area contributed by atoms with Crippen molar-refractivity contribution in [2.75, 3.05) is 6.61 Å². The molecule has 0 bridgehead atoms. The highest BCUT2D eigenvalue weighted by Gasteiger charge is 2.39. The standard InChI is InChI=1S/C25H24OSi/c1-3-19-26-27(4-2,24-17-9-13-20-11-5-7-15-22(20)24)25-18-10-14-21-12-6-8-16-23(21)25/h4-18H,2-3,19H2,1H3. The SMILES string of the molecule is C=C[Si](OCCC)(c1cccc2ccccc12)c1cccc2ccccc12. The maximum absolute atomic E-state index is 6.74. The first-order chi connectivity index (χ1) is 13.3. The summed E-state index contributed by atoms with van der Waals surface area (Å²) in [6.45, 7) is 7.18. The molecule has 0 radical (unpaired) electrons. The monoisotopic (exact) mass is 368 g/mol. The number of hydrogen-bond acceptors (Lipinski definition) is 1. The molecule has 0 unspecified atom stereocenters. The van der Waals surface area contributed by atoms with Crippen molar-refractivity contribution < 1.29 is 4.43 Å². The summed E-state index contributed by atoms with van der Waals surface area (Å²) in [5.74, 6) is 0. The number of rotatable bonds is 6. The molecule has 0 saturated heterocycles. The quantitative estimate of drug-likeness (QED) is 0.425. The average molecular weight is 369 g/mol. The molecule has 0 amide bonds. The minimum atomic E-state index is -2.61. The van der Waals surface area contributed by atoms with Crippen molar-refractivity contribution in [2.24, 2.45) is 0 Å². The fourth-order valence-corrected chi connectivity index (χ4v) is 7.57. The number of hydrogen-bond donors (Lipinski definition) is 0. The van der Waals surface area contributed by atoms with Gasteiger partial charge >= 0.3 is 0 Å². The molecule has 0 aliphatic heterocycles. The summed E-state index contributed by atoms with van der Waals surface area (Å²) in [6, 6.07) is 30.2. The molecule has 0 atom stereocenters. The van der Waals surface area contributed by atoms with Crippen molar-refractivity contribution in [3.05, 3.63) is 97.2 Å². The third kappa shape index (κ3) is 3.01. The Hall–Kier alpha value is -2.68. The molecule has 0 saturated carbocycles. The molecule has 4 rings (SSSR count). The van der Waals surface area contributed by atoms with Gasteiger partial charge in [-0.2, -0.15) is 0 Å². The lowest BCUT2D eigenvalue weighted by Gasteiger charge is -2.31. The van der Waals surface area contributed by atoms with Gasteiger partial charge in [0.1, 0.15) is 0 Å². The summed E-state index contributed by atoms with van der Waals surface area (Å²) < 4.78 is 6.74. The summed E-state index contributed by atoms with van der Waals surface area (Å²) in [5.41, 5.74) is 2.10. The van der Waals surface area contributed by atoms with Crippen LogP contribution in [0.1, 0.15) is 13.3 Å². The van der Waals surface area contributed by atoms with E-state index >= 15 is 0 Å². The molecule has 4 aromatic rings. The van der Waals surface area contributed by atoms with E-state index in [9.17, 15) is 0 Å². The maximum Gasteiger partial charge on any atom is 0.281 e. The predicted molar refractivity (Wildman–Crippen MR) is 119 cm³/mol. The van der Waals surface area contributed by atoms with E-state index in [1.54, 1.807) is 0 Å². The van der Waals surface area contributed by atoms with Crippen LogP contribution in [0.2, 0.25) is 0 Å². The highest BCUT2D eigenvalue weighted by molar-refractivity contribution is 7.03. The molecule has 27 heavy (non-hydrogen) atoms. The van der Waals surface area contributed by atoms with Gasteiger partial charge in [0.2, 0.25) is 0 Å². The average Bonchev–Trinajstić information content (AvgIpc) is 2.74. The van der Waals surface area contributed by atoms with Crippen molar-refractivity contribution in [2.45, 2.75) is 13.3 Å². The van der Waals surface area contributed by atoms with E-state index in [1.807, 2.05) is 0 Å². The van der Waals surface area contributed by atoms with E-state index in [-0.39, 0.29) is 0 Å². The maximum atomic E-state index is 6.74. The van der Waals surface area contributed by atoms with Gasteiger partial charge in [-0.15, -0.1) is 6.58 Å². The van der Waals surface area contributed by atoms with E-state index in [1.165, 1.54) is 31.9 Å². The lowest BCUT2D eigenvalue weighted by Crippen LogP contribution is -2.60. The predicted octanol–water partition coefficient (Wildman–Crippen LogP) is 5.20. The summed E-state index contributed by atoms with van der Waals surface area (Å²) in [4.78, 5) is 0. The van der Waals surface area contributed by atoms with Gasteiger partial charge in [-0.05, 0) is 38.3 Å². The van der Waals surface area contributed by atoms with Crippen LogP contribution in [0, 0.1) is 0 Å². The molecular formula is C25H24OSi. The summed E-state index contributed by atoms with van der Waals surface area (Å²) in [5, 5.41) is 7.56. The van der Waals surface area contributed by atoms with Crippen LogP contribution in [0.4, 0.5) is 0 Å². The fourth-order valence-electron chi connectivity index (χ4n) is 3.94. The van der Waals surface area contributed by atoms with E-state index in [0.717, 1.165) is 13.0 Å². The summed E-state index contributed by atoms with van der Waals surface area (Å²) >= 11 is 0. The zero-order valence-electron chi connectivity index (χ0n) is 15.7. The number of fused-ring (bicyclic) bond motifs is 2. The van der Waals surface area contributed by atoms with Crippen LogP contribution in [-0.2, 0) is 4.43 Å². The Morgan fingerprint density at radius 1 is 0.741 bits per heavy atom. The molecule has 134 valence electrons. The molecule has 4 aromatic carbocycles. The Bertz CT molecular complexity index is 1010. The van der Waals surface area contributed by atoms with Crippen molar-refractivity contribution in [3.8, 4) is 0 Å². The minimum Gasteiger partial charge on any atom is -0.405 e. The highest BCUT2D eigenvalue weighted by Crippen LogP contribution is 2.22.